The van der Waals surface area contributed by atoms with Crippen LogP contribution in [0.15, 0.2) is 0 Å². The van der Waals surface area contributed by atoms with Gasteiger partial charge < -0.3 is 17.7 Å². The highest BCUT2D eigenvalue weighted by Gasteiger charge is 2.60. The molecule has 4 nitrogen and oxygen atoms in total. The summed E-state index contributed by atoms with van der Waals surface area (Å²) in [5, 5.41) is 0. The van der Waals surface area contributed by atoms with E-state index < -0.39 is 16.2 Å². The highest BCUT2D eigenvalue weighted by Crippen LogP contribution is 2.28. The first-order valence-electron chi connectivity index (χ1n) is 6.61. The zero-order valence-corrected chi connectivity index (χ0v) is 14.2. The molecule has 0 aliphatic heterocycles. The smallest absolute Gasteiger partial charge is 0.384 e. The van der Waals surface area contributed by atoms with Crippen molar-refractivity contribution in [3.8, 4) is 0 Å². The first-order valence-corrected chi connectivity index (χ1v) is 12.0. The first kappa shape index (κ1) is 17.3. The minimum Gasteiger partial charge on any atom is -0.394 e. The Labute approximate surface area is 108 Å². The van der Waals surface area contributed by atoms with Gasteiger partial charge in [-0.25, -0.2) is 0 Å². The van der Waals surface area contributed by atoms with Gasteiger partial charge >= 0.3 is 16.2 Å². The largest absolute Gasteiger partial charge is 0.394 e. The maximum atomic E-state index is 6.02. The number of hydrogen-bond acceptors (Lipinski definition) is 4. The summed E-state index contributed by atoms with van der Waals surface area (Å²) in [4.78, 5) is 0. The van der Waals surface area contributed by atoms with E-state index in [0.717, 1.165) is 6.04 Å². The fourth-order valence-electron chi connectivity index (χ4n) is 2.11. The SMILES string of the molecule is CCO[Si](C)(OCC)[Si](CC)(OCC)OCC. The molecule has 0 amide bonds. The van der Waals surface area contributed by atoms with Crippen molar-refractivity contribution < 1.29 is 17.7 Å². The van der Waals surface area contributed by atoms with Crippen molar-refractivity contribution in [3.63, 3.8) is 0 Å². The molecule has 0 heterocycles. The minimum atomic E-state index is -2.38. The second kappa shape index (κ2) is 8.39. The Morgan fingerprint density at radius 3 is 1.24 bits per heavy atom. The molecule has 0 aromatic carbocycles. The van der Waals surface area contributed by atoms with E-state index >= 15 is 0 Å². The van der Waals surface area contributed by atoms with Gasteiger partial charge in [-0.3, -0.25) is 0 Å². The highest BCUT2D eigenvalue weighted by atomic mass is 29.3. The molecular formula is C11H28O4Si2. The standard InChI is InChI=1S/C11H28O4Si2/c1-7-12-16(6,13-8-2)17(11-5,14-9-3)15-10-4/h7-11H2,1-6H3. The van der Waals surface area contributed by atoms with Crippen molar-refractivity contribution in [1.29, 1.82) is 0 Å². The molecule has 0 radical (unpaired) electrons. The van der Waals surface area contributed by atoms with Crippen LogP contribution in [0.5, 0.6) is 0 Å². The third-order valence-corrected chi connectivity index (χ3v) is 15.2. The van der Waals surface area contributed by atoms with Crippen LogP contribution in [-0.2, 0) is 17.7 Å². The summed E-state index contributed by atoms with van der Waals surface area (Å²) in [7, 11) is -4.75. The van der Waals surface area contributed by atoms with E-state index in [4.69, 9.17) is 17.7 Å². The molecule has 0 unspecified atom stereocenters. The topological polar surface area (TPSA) is 36.9 Å². The van der Waals surface area contributed by atoms with E-state index in [9.17, 15) is 0 Å². The summed E-state index contributed by atoms with van der Waals surface area (Å²) < 4.78 is 24.0. The average Bonchev–Trinajstić information content (AvgIpc) is 2.29. The Kier molecular flexibility index (Phi) is 8.52. The van der Waals surface area contributed by atoms with Gasteiger partial charge in [-0.05, 0) is 40.3 Å². The van der Waals surface area contributed by atoms with E-state index in [2.05, 4.69) is 13.5 Å². The van der Waals surface area contributed by atoms with Crippen molar-refractivity contribution in [2.24, 2.45) is 0 Å². The summed E-state index contributed by atoms with van der Waals surface area (Å²) in [6.07, 6.45) is 0. The molecular weight excluding hydrogens is 252 g/mol. The lowest BCUT2D eigenvalue weighted by molar-refractivity contribution is 0.148. The number of rotatable bonds is 10. The molecule has 17 heavy (non-hydrogen) atoms. The average molecular weight is 281 g/mol. The van der Waals surface area contributed by atoms with Gasteiger partial charge in [0.2, 0.25) is 0 Å². The molecule has 0 bridgehead atoms. The molecule has 6 heteroatoms. The van der Waals surface area contributed by atoms with Crippen molar-refractivity contribution >= 4 is 16.2 Å². The fourth-order valence-corrected chi connectivity index (χ4v) is 12.9. The molecule has 0 saturated carbocycles. The monoisotopic (exact) mass is 280 g/mol. The Bertz CT molecular complexity index is 190. The van der Waals surface area contributed by atoms with Crippen molar-refractivity contribution in [1.82, 2.24) is 0 Å². The van der Waals surface area contributed by atoms with Crippen molar-refractivity contribution in [2.75, 3.05) is 26.4 Å². The predicted molar refractivity (Wildman–Crippen MR) is 74.4 cm³/mol. The van der Waals surface area contributed by atoms with Gasteiger partial charge in [0.1, 0.15) is 0 Å². The van der Waals surface area contributed by atoms with Gasteiger partial charge in [-0.15, -0.1) is 0 Å². The van der Waals surface area contributed by atoms with Crippen LogP contribution in [0.2, 0.25) is 12.6 Å². The summed E-state index contributed by atoms with van der Waals surface area (Å²) in [6.45, 7) is 14.8. The summed E-state index contributed by atoms with van der Waals surface area (Å²) >= 11 is 0. The van der Waals surface area contributed by atoms with Gasteiger partial charge in [0.25, 0.3) is 0 Å². The predicted octanol–water partition coefficient (Wildman–Crippen LogP) is 2.74. The van der Waals surface area contributed by atoms with Gasteiger partial charge in [-0.1, -0.05) is 6.92 Å². The molecule has 0 aliphatic carbocycles. The van der Waals surface area contributed by atoms with Crippen LogP contribution in [0.1, 0.15) is 34.6 Å². The Hall–Kier alpha value is 0.274. The Morgan fingerprint density at radius 2 is 1.00 bits per heavy atom. The quantitative estimate of drug-likeness (QED) is 0.577. The van der Waals surface area contributed by atoms with E-state index in [0.29, 0.717) is 26.4 Å². The van der Waals surface area contributed by atoms with Crippen molar-refractivity contribution in [2.45, 2.75) is 47.2 Å². The second-order valence-electron chi connectivity index (χ2n) is 3.78. The van der Waals surface area contributed by atoms with Crippen LogP contribution in [0.25, 0.3) is 0 Å². The van der Waals surface area contributed by atoms with E-state index in [1.165, 1.54) is 0 Å². The Morgan fingerprint density at radius 1 is 0.647 bits per heavy atom. The minimum absolute atomic E-state index is 0.650. The van der Waals surface area contributed by atoms with Crippen LogP contribution in [0.4, 0.5) is 0 Å². The second-order valence-corrected chi connectivity index (χ2v) is 14.1. The van der Waals surface area contributed by atoms with E-state index in [-0.39, 0.29) is 0 Å². The lowest BCUT2D eigenvalue weighted by Gasteiger charge is -2.40. The molecule has 0 aromatic rings. The van der Waals surface area contributed by atoms with Gasteiger partial charge in [-0.2, -0.15) is 0 Å². The number of hydrogen-bond donors (Lipinski definition) is 0. The van der Waals surface area contributed by atoms with Crippen LogP contribution < -0.4 is 0 Å². The van der Waals surface area contributed by atoms with Crippen molar-refractivity contribution in [3.05, 3.63) is 0 Å². The van der Waals surface area contributed by atoms with Gasteiger partial charge in [0, 0.05) is 26.4 Å². The molecule has 0 atom stereocenters. The maximum absolute atomic E-state index is 6.02. The van der Waals surface area contributed by atoms with Crippen LogP contribution in [-0.4, -0.2) is 42.6 Å². The maximum Gasteiger partial charge on any atom is 0.384 e. The molecule has 0 N–H and O–H groups in total. The zero-order chi connectivity index (χ0) is 13.4. The summed E-state index contributed by atoms with van der Waals surface area (Å²) in [5.74, 6) is 0. The molecule has 0 saturated heterocycles. The first-order chi connectivity index (χ1) is 8.05. The third kappa shape index (κ3) is 4.15. The van der Waals surface area contributed by atoms with Gasteiger partial charge in [0.05, 0.1) is 0 Å². The van der Waals surface area contributed by atoms with E-state index in [1.807, 2.05) is 27.7 Å². The summed E-state index contributed by atoms with van der Waals surface area (Å²) in [6, 6.07) is 0.872. The molecule has 104 valence electrons. The molecule has 0 aliphatic rings. The molecule has 0 spiro atoms. The van der Waals surface area contributed by atoms with Crippen LogP contribution in [0, 0.1) is 0 Å². The van der Waals surface area contributed by atoms with E-state index in [1.54, 1.807) is 0 Å². The lowest BCUT2D eigenvalue weighted by atomic mass is 10.9. The van der Waals surface area contributed by atoms with Crippen LogP contribution in [0.3, 0.4) is 0 Å². The molecule has 0 fully saturated rings. The molecule has 0 aromatic heterocycles. The highest BCUT2D eigenvalue weighted by molar-refractivity contribution is 7.31. The fraction of sp³-hybridized carbons (Fsp3) is 1.00. The normalized spacial score (nSPS) is 13.1. The van der Waals surface area contributed by atoms with Crippen LogP contribution >= 0.6 is 0 Å². The zero-order valence-electron chi connectivity index (χ0n) is 12.2. The lowest BCUT2D eigenvalue weighted by Crippen LogP contribution is -2.68. The Balaban J connectivity index is 5.15. The van der Waals surface area contributed by atoms with Gasteiger partial charge in [0.15, 0.2) is 0 Å². The third-order valence-electron chi connectivity index (χ3n) is 2.75. The summed E-state index contributed by atoms with van der Waals surface area (Å²) in [5.41, 5.74) is 0. The molecule has 0 rings (SSSR count).